The van der Waals surface area contributed by atoms with Crippen molar-refractivity contribution in [2.24, 2.45) is 11.7 Å². The monoisotopic (exact) mass is 272 g/mol. The summed E-state index contributed by atoms with van der Waals surface area (Å²) in [6, 6.07) is 12.1. The van der Waals surface area contributed by atoms with Crippen LogP contribution in [-0.2, 0) is 4.79 Å². The van der Waals surface area contributed by atoms with Crippen molar-refractivity contribution >= 4 is 16.8 Å². The van der Waals surface area contributed by atoms with Crippen molar-refractivity contribution in [1.82, 2.24) is 4.98 Å². The summed E-state index contributed by atoms with van der Waals surface area (Å²) in [7, 11) is 0. The molecule has 0 fully saturated rings. The van der Waals surface area contributed by atoms with Gasteiger partial charge in [-0.25, -0.2) is 0 Å². The second kappa shape index (κ2) is 9.08. The smallest absolute Gasteiger partial charge is 0.220 e. The van der Waals surface area contributed by atoms with Crippen LogP contribution >= 0.6 is 0 Å². The van der Waals surface area contributed by atoms with Crippen LogP contribution in [0, 0.1) is 5.92 Å². The van der Waals surface area contributed by atoms with E-state index in [0.717, 1.165) is 31.2 Å². The summed E-state index contributed by atoms with van der Waals surface area (Å²) >= 11 is 0. The number of carbonyl (C=O) groups excluding carboxylic acids is 1. The van der Waals surface area contributed by atoms with Gasteiger partial charge in [0.25, 0.3) is 0 Å². The van der Waals surface area contributed by atoms with Gasteiger partial charge in [0, 0.05) is 17.5 Å². The van der Waals surface area contributed by atoms with Gasteiger partial charge in [0.1, 0.15) is 0 Å². The lowest BCUT2D eigenvalue weighted by molar-refractivity contribution is -0.122. The van der Waals surface area contributed by atoms with Crippen LogP contribution in [0.4, 0.5) is 0 Å². The lowest BCUT2D eigenvalue weighted by Gasteiger charge is -2.09. The zero-order valence-corrected chi connectivity index (χ0v) is 12.4. The zero-order valence-electron chi connectivity index (χ0n) is 12.4. The molecule has 0 aliphatic carbocycles. The average molecular weight is 272 g/mol. The van der Waals surface area contributed by atoms with E-state index in [1.807, 2.05) is 30.5 Å². The van der Waals surface area contributed by atoms with Crippen molar-refractivity contribution in [3.8, 4) is 0 Å². The van der Waals surface area contributed by atoms with Crippen LogP contribution in [-0.4, -0.2) is 10.9 Å². The third kappa shape index (κ3) is 5.39. The van der Waals surface area contributed by atoms with Crippen molar-refractivity contribution in [3.05, 3.63) is 42.6 Å². The molecule has 0 aliphatic rings. The summed E-state index contributed by atoms with van der Waals surface area (Å²) in [5.74, 6) is -0.0151. The van der Waals surface area contributed by atoms with Crippen LogP contribution in [0.1, 0.15) is 39.5 Å². The molecule has 108 valence electrons. The van der Waals surface area contributed by atoms with Crippen LogP contribution in [0.5, 0.6) is 0 Å². The van der Waals surface area contributed by atoms with Crippen LogP contribution < -0.4 is 5.73 Å². The largest absolute Gasteiger partial charge is 0.369 e. The van der Waals surface area contributed by atoms with Gasteiger partial charge in [-0.1, -0.05) is 51.0 Å². The molecule has 0 saturated carbocycles. The fraction of sp³-hybridized carbons (Fsp3) is 0.412. The SMILES string of the molecule is CCCC(CCC)C(N)=O.c1ccc2ncccc2c1. The molecule has 0 spiro atoms. The van der Waals surface area contributed by atoms with Gasteiger partial charge in [-0.15, -0.1) is 0 Å². The highest BCUT2D eigenvalue weighted by molar-refractivity contribution is 5.77. The van der Waals surface area contributed by atoms with Crippen LogP contribution in [0.15, 0.2) is 42.6 Å². The van der Waals surface area contributed by atoms with Gasteiger partial charge in [0.15, 0.2) is 0 Å². The van der Waals surface area contributed by atoms with Crippen LogP contribution in [0.25, 0.3) is 10.9 Å². The highest BCUT2D eigenvalue weighted by atomic mass is 16.1. The van der Waals surface area contributed by atoms with Gasteiger partial charge in [0.05, 0.1) is 5.52 Å². The van der Waals surface area contributed by atoms with Crippen molar-refractivity contribution < 1.29 is 4.79 Å². The maximum Gasteiger partial charge on any atom is 0.220 e. The van der Waals surface area contributed by atoms with E-state index in [-0.39, 0.29) is 11.8 Å². The van der Waals surface area contributed by atoms with Crippen molar-refractivity contribution in [2.75, 3.05) is 0 Å². The molecule has 1 aromatic carbocycles. The minimum atomic E-state index is -0.135. The number of hydrogen-bond donors (Lipinski definition) is 1. The molecule has 0 saturated heterocycles. The Morgan fingerprint density at radius 2 is 1.70 bits per heavy atom. The normalized spacial score (nSPS) is 10.2. The number of carbonyl (C=O) groups is 1. The zero-order chi connectivity index (χ0) is 14.8. The third-order valence-corrected chi connectivity index (χ3v) is 3.19. The minimum absolute atomic E-state index is 0.120. The molecule has 1 amide bonds. The van der Waals surface area contributed by atoms with E-state index in [4.69, 9.17) is 5.73 Å². The molecule has 2 rings (SSSR count). The maximum atomic E-state index is 10.7. The number of rotatable bonds is 5. The van der Waals surface area contributed by atoms with Crippen molar-refractivity contribution in [3.63, 3.8) is 0 Å². The molecule has 20 heavy (non-hydrogen) atoms. The number of amides is 1. The van der Waals surface area contributed by atoms with E-state index in [0.29, 0.717) is 0 Å². The highest BCUT2D eigenvalue weighted by Crippen LogP contribution is 2.11. The van der Waals surface area contributed by atoms with E-state index < -0.39 is 0 Å². The molecular formula is C17H24N2O. The summed E-state index contributed by atoms with van der Waals surface area (Å²) in [5, 5.41) is 1.20. The number of para-hydroxylation sites is 1. The van der Waals surface area contributed by atoms with Gasteiger partial charge in [0.2, 0.25) is 5.91 Å². The Kier molecular flexibility index (Phi) is 7.33. The first kappa shape index (κ1) is 16.2. The van der Waals surface area contributed by atoms with Gasteiger partial charge >= 0.3 is 0 Å². The van der Waals surface area contributed by atoms with Gasteiger partial charge < -0.3 is 5.73 Å². The minimum Gasteiger partial charge on any atom is -0.369 e. The molecule has 1 aromatic heterocycles. The molecule has 3 heteroatoms. The second-order valence-corrected chi connectivity index (χ2v) is 4.87. The molecule has 0 unspecified atom stereocenters. The second-order valence-electron chi connectivity index (χ2n) is 4.87. The highest BCUT2D eigenvalue weighted by Gasteiger charge is 2.11. The summed E-state index contributed by atoms with van der Waals surface area (Å²) in [5.41, 5.74) is 6.23. The van der Waals surface area contributed by atoms with E-state index >= 15 is 0 Å². The molecule has 1 heterocycles. The Balaban J connectivity index is 0.000000200. The number of primary amides is 1. The van der Waals surface area contributed by atoms with Gasteiger partial charge in [-0.2, -0.15) is 0 Å². The van der Waals surface area contributed by atoms with Crippen molar-refractivity contribution in [2.45, 2.75) is 39.5 Å². The predicted molar refractivity (Wildman–Crippen MR) is 84.2 cm³/mol. The van der Waals surface area contributed by atoms with E-state index in [1.165, 1.54) is 5.39 Å². The van der Waals surface area contributed by atoms with Crippen LogP contribution in [0.3, 0.4) is 0 Å². The number of hydrogen-bond acceptors (Lipinski definition) is 2. The Hall–Kier alpha value is -1.90. The number of benzene rings is 1. The summed E-state index contributed by atoms with van der Waals surface area (Å²) in [4.78, 5) is 14.9. The summed E-state index contributed by atoms with van der Waals surface area (Å²) < 4.78 is 0. The van der Waals surface area contributed by atoms with Gasteiger partial charge in [-0.05, 0) is 25.0 Å². The first-order valence-corrected chi connectivity index (χ1v) is 7.28. The lowest BCUT2D eigenvalue weighted by atomic mass is 9.98. The molecule has 0 atom stereocenters. The number of pyridine rings is 1. The predicted octanol–water partition coefficient (Wildman–Crippen LogP) is 3.92. The van der Waals surface area contributed by atoms with E-state index in [9.17, 15) is 4.79 Å². The van der Waals surface area contributed by atoms with Crippen molar-refractivity contribution in [1.29, 1.82) is 0 Å². The molecular weight excluding hydrogens is 248 g/mol. The summed E-state index contributed by atoms with van der Waals surface area (Å²) in [6.07, 6.45) is 5.80. The molecule has 2 N–H and O–H groups in total. The Labute approximate surface area is 121 Å². The molecule has 0 aliphatic heterocycles. The Morgan fingerprint density at radius 3 is 2.25 bits per heavy atom. The van der Waals surface area contributed by atoms with E-state index in [1.54, 1.807) is 0 Å². The number of aromatic nitrogens is 1. The first-order valence-electron chi connectivity index (χ1n) is 7.28. The Bertz CT molecular complexity index is 454. The average Bonchev–Trinajstić information content (AvgIpc) is 2.48. The molecule has 2 aromatic rings. The number of nitrogens with two attached hydrogens (primary N) is 1. The quantitative estimate of drug-likeness (QED) is 0.896. The van der Waals surface area contributed by atoms with Crippen LogP contribution in [0.2, 0.25) is 0 Å². The first-order chi connectivity index (χ1) is 9.69. The fourth-order valence-electron chi connectivity index (χ4n) is 2.14. The molecule has 0 radical (unpaired) electrons. The van der Waals surface area contributed by atoms with Gasteiger partial charge in [-0.3, -0.25) is 9.78 Å². The summed E-state index contributed by atoms with van der Waals surface area (Å²) in [6.45, 7) is 4.15. The Morgan fingerprint density at radius 1 is 1.10 bits per heavy atom. The molecule has 3 nitrogen and oxygen atoms in total. The lowest BCUT2D eigenvalue weighted by Crippen LogP contribution is -2.22. The standard InChI is InChI=1S/C9H7N.C8H17NO/c1-2-6-9-8(4-1)5-3-7-10-9;1-3-5-7(6-4-2)8(9)10/h1-7H;7H,3-6H2,1-2H3,(H2,9,10). The number of fused-ring (bicyclic) bond motifs is 1. The molecule has 0 bridgehead atoms. The maximum absolute atomic E-state index is 10.7. The number of nitrogens with zero attached hydrogens (tertiary/aromatic N) is 1. The van der Waals surface area contributed by atoms with E-state index in [2.05, 4.69) is 31.0 Å². The third-order valence-electron chi connectivity index (χ3n) is 3.19. The topological polar surface area (TPSA) is 56.0 Å². The fourth-order valence-corrected chi connectivity index (χ4v) is 2.14.